The number of piperidine rings is 1. The van der Waals surface area contributed by atoms with Gasteiger partial charge in [-0.25, -0.2) is 0 Å². The van der Waals surface area contributed by atoms with Crippen molar-refractivity contribution < 1.29 is 18.7 Å². The van der Waals surface area contributed by atoms with Gasteiger partial charge in [-0.3, -0.25) is 4.79 Å². The minimum Gasteiger partial charge on any atom is -0.490 e. The Kier molecular flexibility index (Phi) is 5.57. The zero-order valence-corrected chi connectivity index (χ0v) is 17.3. The molecule has 4 rings (SSSR count). The molecule has 6 heteroatoms. The molecular weight excluding hydrogens is 422 g/mol. The summed E-state index contributed by atoms with van der Waals surface area (Å²) in [6.07, 6.45) is 1.62. The van der Waals surface area contributed by atoms with Crippen molar-refractivity contribution in [2.24, 2.45) is 0 Å². The van der Waals surface area contributed by atoms with Crippen molar-refractivity contribution in [3.05, 3.63) is 58.8 Å². The Morgan fingerprint density at radius 2 is 1.89 bits per heavy atom. The molecule has 0 unspecified atom stereocenters. The Morgan fingerprint density at radius 3 is 2.64 bits per heavy atom. The lowest BCUT2D eigenvalue weighted by Crippen LogP contribution is -2.41. The molecule has 1 fully saturated rings. The molecule has 146 valence electrons. The second-order valence-electron chi connectivity index (χ2n) is 6.78. The predicted molar refractivity (Wildman–Crippen MR) is 111 cm³/mol. The molecule has 1 amide bonds. The quantitative estimate of drug-likeness (QED) is 0.538. The molecule has 28 heavy (non-hydrogen) atoms. The monoisotopic (exact) mass is 443 g/mol. The highest BCUT2D eigenvalue weighted by atomic mass is 79.9. The molecule has 3 aromatic rings. The van der Waals surface area contributed by atoms with E-state index in [4.69, 9.17) is 13.9 Å². The third kappa shape index (κ3) is 4.02. The molecule has 0 spiro atoms. The van der Waals surface area contributed by atoms with Gasteiger partial charge in [0.15, 0.2) is 17.3 Å². The van der Waals surface area contributed by atoms with Crippen LogP contribution in [0.5, 0.6) is 11.5 Å². The lowest BCUT2D eigenvalue weighted by molar-refractivity contribution is 0.0563. The summed E-state index contributed by atoms with van der Waals surface area (Å²) in [6.45, 7) is 3.83. The van der Waals surface area contributed by atoms with Crippen molar-refractivity contribution in [3.63, 3.8) is 0 Å². The number of para-hydroxylation sites is 2. The summed E-state index contributed by atoms with van der Waals surface area (Å²) in [5, 5.41) is 0.920. The summed E-state index contributed by atoms with van der Waals surface area (Å²) in [7, 11) is 0. The molecule has 5 nitrogen and oxygen atoms in total. The predicted octanol–water partition coefficient (Wildman–Crippen LogP) is 5.28. The Labute approximate surface area is 172 Å². The average Bonchev–Trinajstić information content (AvgIpc) is 3.13. The SMILES string of the molecule is CCOc1ccccc1OC1CCN(C(=O)c2cc3cc(Br)ccc3o2)CC1. The second-order valence-corrected chi connectivity index (χ2v) is 7.70. The van der Waals surface area contributed by atoms with Gasteiger partial charge < -0.3 is 18.8 Å². The van der Waals surface area contributed by atoms with Crippen LogP contribution in [0, 0.1) is 0 Å². The number of carbonyl (C=O) groups is 1. The number of amides is 1. The molecule has 1 aliphatic heterocycles. The van der Waals surface area contributed by atoms with Crippen LogP contribution in [0.4, 0.5) is 0 Å². The summed E-state index contributed by atoms with van der Waals surface area (Å²) < 4.78 is 18.5. The molecule has 0 radical (unpaired) electrons. The van der Waals surface area contributed by atoms with E-state index < -0.39 is 0 Å². The summed E-state index contributed by atoms with van der Waals surface area (Å²) >= 11 is 3.44. The van der Waals surface area contributed by atoms with E-state index in [1.807, 2.05) is 60.4 Å². The van der Waals surface area contributed by atoms with Crippen LogP contribution in [0.3, 0.4) is 0 Å². The van der Waals surface area contributed by atoms with E-state index in [1.54, 1.807) is 0 Å². The normalized spacial score (nSPS) is 15.0. The number of fused-ring (bicyclic) bond motifs is 1. The Balaban J connectivity index is 1.39. The molecule has 1 saturated heterocycles. The zero-order valence-electron chi connectivity index (χ0n) is 15.7. The maximum absolute atomic E-state index is 12.8. The number of furan rings is 1. The van der Waals surface area contributed by atoms with E-state index in [0.29, 0.717) is 25.5 Å². The molecule has 0 N–H and O–H groups in total. The van der Waals surface area contributed by atoms with Gasteiger partial charge in [0.05, 0.1) is 6.61 Å². The standard InChI is InChI=1S/C22H22BrNO4/c1-2-26-19-5-3-4-6-20(19)27-17-9-11-24(12-10-17)22(25)21-14-15-13-16(23)7-8-18(15)28-21/h3-8,13-14,17H,2,9-12H2,1H3. The highest BCUT2D eigenvalue weighted by Crippen LogP contribution is 2.30. The van der Waals surface area contributed by atoms with Crippen molar-refractivity contribution in [2.45, 2.75) is 25.9 Å². The van der Waals surface area contributed by atoms with E-state index in [2.05, 4.69) is 15.9 Å². The van der Waals surface area contributed by atoms with Gasteiger partial charge in [-0.1, -0.05) is 28.1 Å². The van der Waals surface area contributed by atoms with Crippen LogP contribution in [-0.4, -0.2) is 36.6 Å². The topological polar surface area (TPSA) is 51.9 Å². The van der Waals surface area contributed by atoms with Crippen molar-refractivity contribution in [1.82, 2.24) is 4.90 Å². The number of nitrogens with zero attached hydrogens (tertiary/aromatic N) is 1. The first-order valence-corrected chi connectivity index (χ1v) is 10.3. The fraction of sp³-hybridized carbons (Fsp3) is 0.318. The van der Waals surface area contributed by atoms with Gasteiger partial charge in [0.1, 0.15) is 11.7 Å². The van der Waals surface area contributed by atoms with Crippen LogP contribution < -0.4 is 9.47 Å². The first-order chi connectivity index (χ1) is 13.6. The molecule has 1 aromatic heterocycles. The smallest absolute Gasteiger partial charge is 0.289 e. The van der Waals surface area contributed by atoms with Crippen molar-refractivity contribution in [1.29, 1.82) is 0 Å². The van der Waals surface area contributed by atoms with Crippen LogP contribution >= 0.6 is 15.9 Å². The third-order valence-corrected chi connectivity index (χ3v) is 5.35. The Morgan fingerprint density at radius 1 is 1.14 bits per heavy atom. The lowest BCUT2D eigenvalue weighted by Gasteiger charge is -2.32. The number of hydrogen-bond acceptors (Lipinski definition) is 4. The molecule has 0 saturated carbocycles. The summed E-state index contributed by atoms with van der Waals surface area (Å²) in [5.74, 6) is 1.84. The van der Waals surface area contributed by atoms with Gasteiger partial charge in [-0.05, 0) is 43.3 Å². The fourth-order valence-corrected chi connectivity index (χ4v) is 3.83. The maximum Gasteiger partial charge on any atom is 0.289 e. The number of carbonyl (C=O) groups excluding carboxylic acids is 1. The summed E-state index contributed by atoms with van der Waals surface area (Å²) in [4.78, 5) is 14.7. The fourth-order valence-electron chi connectivity index (χ4n) is 3.45. The highest BCUT2D eigenvalue weighted by molar-refractivity contribution is 9.10. The second kappa shape index (κ2) is 8.27. The number of benzene rings is 2. The molecule has 0 aliphatic carbocycles. The van der Waals surface area contributed by atoms with Crippen LogP contribution in [0.1, 0.15) is 30.3 Å². The lowest BCUT2D eigenvalue weighted by atomic mass is 10.1. The summed E-state index contributed by atoms with van der Waals surface area (Å²) in [6, 6.07) is 15.2. The van der Waals surface area contributed by atoms with Crippen LogP contribution in [0.15, 0.2) is 57.4 Å². The largest absolute Gasteiger partial charge is 0.490 e. The van der Waals surface area contributed by atoms with E-state index in [0.717, 1.165) is 39.8 Å². The first kappa shape index (κ1) is 18.9. The van der Waals surface area contributed by atoms with Gasteiger partial charge in [-0.15, -0.1) is 0 Å². The molecule has 1 aliphatic rings. The van der Waals surface area contributed by atoms with E-state index in [9.17, 15) is 4.79 Å². The van der Waals surface area contributed by atoms with Gasteiger partial charge in [-0.2, -0.15) is 0 Å². The highest BCUT2D eigenvalue weighted by Gasteiger charge is 2.27. The molecule has 2 heterocycles. The molecule has 0 atom stereocenters. The summed E-state index contributed by atoms with van der Waals surface area (Å²) in [5.41, 5.74) is 0.720. The van der Waals surface area contributed by atoms with Gasteiger partial charge in [0, 0.05) is 35.8 Å². The Bertz CT molecular complexity index is 976. The van der Waals surface area contributed by atoms with Crippen LogP contribution in [-0.2, 0) is 0 Å². The number of halogens is 1. The van der Waals surface area contributed by atoms with Crippen molar-refractivity contribution in [3.8, 4) is 11.5 Å². The van der Waals surface area contributed by atoms with Gasteiger partial charge in [0.2, 0.25) is 0 Å². The number of rotatable bonds is 5. The van der Waals surface area contributed by atoms with E-state index >= 15 is 0 Å². The van der Waals surface area contributed by atoms with E-state index in [-0.39, 0.29) is 12.0 Å². The van der Waals surface area contributed by atoms with Crippen molar-refractivity contribution >= 4 is 32.8 Å². The third-order valence-electron chi connectivity index (χ3n) is 4.86. The molecule has 2 aromatic carbocycles. The maximum atomic E-state index is 12.8. The van der Waals surface area contributed by atoms with Crippen LogP contribution in [0.25, 0.3) is 11.0 Å². The number of ether oxygens (including phenoxy) is 2. The Hall–Kier alpha value is -2.47. The minimum absolute atomic E-state index is 0.0669. The van der Waals surface area contributed by atoms with E-state index in [1.165, 1.54) is 0 Å². The number of hydrogen-bond donors (Lipinski definition) is 0. The zero-order chi connectivity index (χ0) is 19.5. The first-order valence-electron chi connectivity index (χ1n) is 9.51. The molecular formula is C22H22BrNO4. The van der Waals surface area contributed by atoms with Gasteiger partial charge >= 0.3 is 0 Å². The number of likely N-dealkylation sites (tertiary alicyclic amines) is 1. The minimum atomic E-state index is -0.0690. The van der Waals surface area contributed by atoms with Crippen LogP contribution in [0.2, 0.25) is 0 Å². The average molecular weight is 444 g/mol. The van der Waals surface area contributed by atoms with Gasteiger partial charge in [0.25, 0.3) is 5.91 Å². The molecule has 0 bridgehead atoms. The van der Waals surface area contributed by atoms with Crippen molar-refractivity contribution in [2.75, 3.05) is 19.7 Å².